The van der Waals surface area contributed by atoms with Gasteiger partial charge in [-0.25, -0.2) is 0 Å². The number of ether oxygens (including phenoxy) is 1. The highest BCUT2D eigenvalue weighted by Gasteiger charge is 2.36. The van der Waals surface area contributed by atoms with Crippen molar-refractivity contribution < 1.29 is 9.53 Å². The van der Waals surface area contributed by atoms with Gasteiger partial charge in [0.15, 0.2) is 0 Å². The number of rotatable bonds is 2. The van der Waals surface area contributed by atoms with Crippen LogP contribution in [0, 0.1) is 0 Å². The van der Waals surface area contributed by atoms with E-state index in [0.717, 1.165) is 13.0 Å². The van der Waals surface area contributed by atoms with Crippen molar-refractivity contribution in [3.63, 3.8) is 0 Å². The van der Waals surface area contributed by atoms with Crippen LogP contribution < -0.4 is 5.73 Å². The predicted molar refractivity (Wildman–Crippen MR) is 50.0 cm³/mol. The summed E-state index contributed by atoms with van der Waals surface area (Å²) in [6.45, 7) is 6.95. The molecule has 0 amide bonds. The third-order valence-corrected chi connectivity index (χ3v) is 2.04. The molecule has 13 heavy (non-hydrogen) atoms. The Hall–Kier alpha value is -0.610. The zero-order valence-electron chi connectivity index (χ0n) is 8.54. The first-order chi connectivity index (χ1) is 5.94. The largest absolute Gasteiger partial charge is 0.459 e. The van der Waals surface area contributed by atoms with E-state index in [4.69, 9.17) is 10.5 Å². The van der Waals surface area contributed by atoms with E-state index in [1.165, 1.54) is 0 Å². The standard InChI is InChI=1S/C9H18N2O2/c1-9(2,3)13-8(12)7-4-5-11(7)6-10/h7H,4-6,10H2,1-3H3. The van der Waals surface area contributed by atoms with Crippen LogP contribution in [0.3, 0.4) is 0 Å². The van der Waals surface area contributed by atoms with Crippen molar-refractivity contribution in [3.05, 3.63) is 0 Å². The molecule has 0 aromatic rings. The number of carbonyl (C=O) groups is 1. The van der Waals surface area contributed by atoms with Gasteiger partial charge < -0.3 is 10.5 Å². The average molecular weight is 186 g/mol. The molecule has 2 N–H and O–H groups in total. The summed E-state index contributed by atoms with van der Waals surface area (Å²) in [5, 5.41) is 0. The third-order valence-electron chi connectivity index (χ3n) is 2.04. The van der Waals surface area contributed by atoms with E-state index in [1.54, 1.807) is 0 Å². The van der Waals surface area contributed by atoms with Crippen molar-refractivity contribution in [3.8, 4) is 0 Å². The third kappa shape index (κ3) is 2.67. The smallest absolute Gasteiger partial charge is 0.323 e. The summed E-state index contributed by atoms with van der Waals surface area (Å²) in [4.78, 5) is 13.4. The van der Waals surface area contributed by atoms with Crippen LogP contribution in [0.2, 0.25) is 0 Å². The van der Waals surface area contributed by atoms with E-state index in [9.17, 15) is 4.79 Å². The van der Waals surface area contributed by atoms with Gasteiger partial charge in [-0.2, -0.15) is 0 Å². The molecule has 1 unspecified atom stereocenters. The molecule has 1 saturated heterocycles. The normalized spacial score (nSPS) is 23.8. The first-order valence-electron chi connectivity index (χ1n) is 4.61. The fourth-order valence-corrected chi connectivity index (χ4v) is 1.30. The second-order valence-corrected chi connectivity index (χ2v) is 4.33. The number of likely N-dealkylation sites (tertiary alicyclic amines) is 1. The number of nitrogens with two attached hydrogens (primary N) is 1. The molecular weight excluding hydrogens is 168 g/mol. The number of hydrogen-bond donors (Lipinski definition) is 1. The van der Waals surface area contributed by atoms with Crippen LogP contribution in [0.1, 0.15) is 27.2 Å². The quantitative estimate of drug-likeness (QED) is 0.631. The Balaban J connectivity index is 2.40. The lowest BCUT2D eigenvalue weighted by molar-refractivity contribution is -0.166. The topological polar surface area (TPSA) is 55.6 Å². The van der Waals surface area contributed by atoms with Gasteiger partial charge >= 0.3 is 5.97 Å². The summed E-state index contributed by atoms with van der Waals surface area (Å²) >= 11 is 0. The van der Waals surface area contributed by atoms with Crippen molar-refractivity contribution in [2.24, 2.45) is 5.73 Å². The fraction of sp³-hybridized carbons (Fsp3) is 0.889. The van der Waals surface area contributed by atoms with Gasteiger partial charge in [-0.15, -0.1) is 0 Å². The minimum Gasteiger partial charge on any atom is -0.459 e. The van der Waals surface area contributed by atoms with Gasteiger partial charge in [-0.05, 0) is 27.2 Å². The van der Waals surface area contributed by atoms with E-state index in [1.807, 2.05) is 25.7 Å². The number of nitrogens with zero attached hydrogens (tertiary/aromatic N) is 1. The Kier molecular flexibility index (Phi) is 2.93. The van der Waals surface area contributed by atoms with Gasteiger partial charge in [0.25, 0.3) is 0 Å². The molecule has 1 rings (SSSR count). The summed E-state index contributed by atoms with van der Waals surface area (Å²) in [5.74, 6) is -0.149. The van der Waals surface area contributed by atoms with Crippen LogP contribution in [-0.2, 0) is 9.53 Å². The average Bonchev–Trinajstić information content (AvgIpc) is 1.80. The van der Waals surface area contributed by atoms with Crippen LogP contribution in [0.5, 0.6) is 0 Å². The summed E-state index contributed by atoms with van der Waals surface area (Å²) in [5.41, 5.74) is 5.05. The maximum atomic E-state index is 11.5. The maximum absolute atomic E-state index is 11.5. The fourth-order valence-electron chi connectivity index (χ4n) is 1.30. The van der Waals surface area contributed by atoms with Crippen LogP contribution in [0.15, 0.2) is 0 Å². The molecule has 1 aliphatic rings. The van der Waals surface area contributed by atoms with Gasteiger partial charge in [-0.1, -0.05) is 0 Å². The molecule has 4 nitrogen and oxygen atoms in total. The molecule has 0 saturated carbocycles. The van der Waals surface area contributed by atoms with Crippen LogP contribution >= 0.6 is 0 Å². The molecule has 4 heteroatoms. The Morgan fingerprint density at radius 2 is 2.23 bits per heavy atom. The Morgan fingerprint density at radius 3 is 2.54 bits per heavy atom. The van der Waals surface area contributed by atoms with Crippen molar-refractivity contribution in [2.45, 2.75) is 38.8 Å². The molecule has 1 aliphatic heterocycles. The number of esters is 1. The summed E-state index contributed by atoms with van der Waals surface area (Å²) in [7, 11) is 0. The predicted octanol–water partition coefficient (Wildman–Crippen LogP) is 0.319. The summed E-state index contributed by atoms with van der Waals surface area (Å²) in [6, 6.07) is -0.107. The Morgan fingerprint density at radius 1 is 1.62 bits per heavy atom. The Bertz CT molecular complexity index is 196. The molecule has 1 heterocycles. The minimum atomic E-state index is -0.396. The van der Waals surface area contributed by atoms with Crippen LogP contribution in [0.4, 0.5) is 0 Å². The van der Waals surface area contributed by atoms with Gasteiger partial charge in [0.1, 0.15) is 11.6 Å². The molecule has 76 valence electrons. The molecule has 1 atom stereocenters. The first kappa shape index (κ1) is 10.5. The summed E-state index contributed by atoms with van der Waals surface area (Å²) < 4.78 is 5.24. The van der Waals surface area contributed by atoms with E-state index in [0.29, 0.717) is 6.67 Å². The lowest BCUT2D eigenvalue weighted by Crippen LogP contribution is -2.55. The second-order valence-electron chi connectivity index (χ2n) is 4.33. The molecule has 0 spiro atoms. The zero-order valence-corrected chi connectivity index (χ0v) is 8.54. The highest BCUT2D eigenvalue weighted by atomic mass is 16.6. The zero-order chi connectivity index (χ0) is 10.1. The van der Waals surface area contributed by atoms with Gasteiger partial charge in [0.05, 0.1) is 0 Å². The molecule has 0 bridgehead atoms. The number of carbonyl (C=O) groups excluding carboxylic acids is 1. The van der Waals surface area contributed by atoms with E-state index in [-0.39, 0.29) is 12.0 Å². The molecular formula is C9H18N2O2. The molecule has 0 aliphatic carbocycles. The first-order valence-corrected chi connectivity index (χ1v) is 4.61. The molecule has 0 aromatic carbocycles. The van der Waals surface area contributed by atoms with E-state index >= 15 is 0 Å². The molecule has 0 aromatic heterocycles. The van der Waals surface area contributed by atoms with Crippen LogP contribution in [0.25, 0.3) is 0 Å². The monoisotopic (exact) mass is 186 g/mol. The van der Waals surface area contributed by atoms with Gasteiger partial charge in [-0.3, -0.25) is 9.69 Å². The van der Waals surface area contributed by atoms with E-state index < -0.39 is 5.60 Å². The van der Waals surface area contributed by atoms with Crippen molar-refractivity contribution >= 4 is 5.97 Å². The number of hydrogen-bond acceptors (Lipinski definition) is 4. The van der Waals surface area contributed by atoms with Crippen molar-refractivity contribution in [1.29, 1.82) is 0 Å². The van der Waals surface area contributed by atoms with Crippen LogP contribution in [-0.4, -0.2) is 35.7 Å². The van der Waals surface area contributed by atoms with E-state index in [2.05, 4.69) is 0 Å². The highest BCUT2D eigenvalue weighted by Crippen LogP contribution is 2.19. The maximum Gasteiger partial charge on any atom is 0.323 e. The van der Waals surface area contributed by atoms with Crippen molar-refractivity contribution in [1.82, 2.24) is 4.90 Å². The van der Waals surface area contributed by atoms with Crippen molar-refractivity contribution in [2.75, 3.05) is 13.2 Å². The highest BCUT2D eigenvalue weighted by molar-refractivity contribution is 5.77. The summed E-state index contributed by atoms with van der Waals surface area (Å²) in [6.07, 6.45) is 0.867. The molecule has 1 fully saturated rings. The lowest BCUT2D eigenvalue weighted by Gasteiger charge is -2.39. The van der Waals surface area contributed by atoms with Gasteiger partial charge in [0.2, 0.25) is 0 Å². The van der Waals surface area contributed by atoms with Gasteiger partial charge in [0, 0.05) is 13.2 Å². The SMILES string of the molecule is CC(C)(C)OC(=O)C1CCN1CN. The second kappa shape index (κ2) is 3.64. The lowest BCUT2D eigenvalue weighted by atomic mass is 10.0. The Labute approximate surface area is 79.0 Å². The minimum absolute atomic E-state index is 0.107. The molecule has 0 radical (unpaired) electrons.